The van der Waals surface area contributed by atoms with Crippen LogP contribution in [0.3, 0.4) is 0 Å². The number of hydrogen-bond acceptors (Lipinski definition) is 3. The third-order valence-corrected chi connectivity index (χ3v) is 1.19. The van der Waals surface area contributed by atoms with E-state index >= 15 is 0 Å². The van der Waals surface area contributed by atoms with Crippen molar-refractivity contribution in [3.63, 3.8) is 0 Å². The molecule has 0 spiro atoms. The smallest absolute Gasteiger partial charge is 0.0784 e. The lowest BCUT2D eigenvalue weighted by Crippen LogP contribution is -2.04. The van der Waals surface area contributed by atoms with E-state index < -0.39 is 0 Å². The van der Waals surface area contributed by atoms with Crippen LogP contribution < -0.4 is 5.73 Å². The van der Waals surface area contributed by atoms with Gasteiger partial charge >= 0.3 is 0 Å². The van der Waals surface area contributed by atoms with Gasteiger partial charge in [0.1, 0.15) is 0 Å². The molecule has 0 amide bonds. The van der Waals surface area contributed by atoms with Gasteiger partial charge < -0.3 is 11.1 Å². The minimum atomic E-state index is 0.451. The Hall–Kier alpha value is -1.12. The summed E-state index contributed by atoms with van der Waals surface area (Å²) < 4.78 is 0. The predicted octanol–water partition coefficient (Wildman–Crippen LogP) is 1.35. The molecular formula is C8H15N3. The Bertz CT molecular complexity index is 197. The highest BCUT2D eigenvalue weighted by atomic mass is 14.8. The van der Waals surface area contributed by atoms with E-state index in [4.69, 9.17) is 11.1 Å². The standard InChI is InChI=1S/C8H15N3/c1-6(2)8(10)5-11-4-7(3)9/h4,9H,5,10H2,1-3H3. The highest BCUT2D eigenvalue weighted by Crippen LogP contribution is 1.94. The van der Waals surface area contributed by atoms with Gasteiger partial charge in [-0.05, 0) is 20.8 Å². The van der Waals surface area contributed by atoms with Gasteiger partial charge in [0.15, 0.2) is 0 Å². The van der Waals surface area contributed by atoms with E-state index in [1.807, 2.05) is 13.8 Å². The Morgan fingerprint density at radius 1 is 1.45 bits per heavy atom. The van der Waals surface area contributed by atoms with Crippen molar-refractivity contribution in [3.8, 4) is 0 Å². The van der Waals surface area contributed by atoms with Crippen LogP contribution in [0.4, 0.5) is 0 Å². The Balaban J connectivity index is 3.90. The summed E-state index contributed by atoms with van der Waals surface area (Å²) in [6, 6.07) is 0. The van der Waals surface area contributed by atoms with Crippen LogP contribution in [0.15, 0.2) is 16.3 Å². The van der Waals surface area contributed by atoms with Gasteiger partial charge in [0.25, 0.3) is 0 Å². The molecule has 0 saturated heterocycles. The molecule has 0 atom stereocenters. The van der Waals surface area contributed by atoms with Gasteiger partial charge in [0.05, 0.1) is 6.54 Å². The van der Waals surface area contributed by atoms with Crippen LogP contribution in [-0.4, -0.2) is 18.5 Å². The summed E-state index contributed by atoms with van der Waals surface area (Å²) in [7, 11) is 0. The molecule has 0 heterocycles. The van der Waals surface area contributed by atoms with Crippen molar-refractivity contribution < 1.29 is 0 Å². The second kappa shape index (κ2) is 4.66. The number of allylic oxidation sites excluding steroid dienone is 1. The monoisotopic (exact) mass is 153 g/mol. The average molecular weight is 153 g/mol. The molecule has 0 aliphatic rings. The molecule has 0 rings (SSSR count). The quantitative estimate of drug-likeness (QED) is 0.591. The lowest BCUT2D eigenvalue weighted by Gasteiger charge is -1.97. The topological polar surface area (TPSA) is 62.2 Å². The second-order valence-electron chi connectivity index (χ2n) is 2.68. The van der Waals surface area contributed by atoms with Crippen molar-refractivity contribution in [1.29, 1.82) is 5.41 Å². The Morgan fingerprint density at radius 2 is 2.00 bits per heavy atom. The molecule has 0 aliphatic carbocycles. The van der Waals surface area contributed by atoms with Crippen LogP contribution >= 0.6 is 0 Å². The van der Waals surface area contributed by atoms with E-state index in [0.29, 0.717) is 12.3 Å². The molecule has 0 fully saturated rings. The minimum Gasteiger partial charge on any atom is -0.401 e. The number of aliphatic imine (C=N–C) groups is 1. The predicted molar refractivity (Wildman–Crippen MR) is 49.3 cm³/mol. The first-order valence-corrected chi connectivity index (χ1v) is 3.51. The minimum absolute atomic E-state index is 0.451. The van der Waals surface area contributed by atoms with E-state index in [0.717, 1.165) is 11.3 Å². The van der Waals surface area contributed by atoms with Gasteiger partial charge in [0, 0.05) is 17.6 Å². The number of nitrogens with one attached hydrogen (secondary N) is 1. The SMILES string of the molecule is CC(=N)C=NCC(N)=C(C)C. The Kier molecular flexibility index (Phi) is 4.18. The Labute approximate surface area is 67.5 Å². The van der Waals surface area contributed by atoms with Gasteiger partial charge in [0.2, 0.25) is 0 Å². The molecule has 62 valence electrons. The molecule has 11 heavy (non-hydrogen) atoms. The second-order valence-corrected chi connectivity index (χ2v) is 2.68. The molecule has 0 radical (unpaired) electrons. The summed E-state index contributed by atoms with van der Waals surface area (Å²) in [5, 5.41) is 7.04. The van der Waals surface area contributed by atoms with Crippen molar-refractivity contribution in [3.05, 3.63) is 11.3 Å². The van der Waals surface area contributed by atoms with Crippen molar-refractivity contribution >= 4 is 11.9 Å². The van der Waals surface area contributed by atoms with Crippen LogP contribution in [0.2, 0.25) is 0 Å². The maximum absolute atomic E-state index is 7.04. The maximum atomic E-state index is 7.04. The Morgan fingerprint density at radius 3 is 2.36 bits per heavy atom. The van der Waals surface area contributed by atoms with E-state index in [1.165, 1.54) is 6.21 Å². The molecule has 0 saturated carbocycles. The zero-order valence-corrected chi connectivity index (χ0v) is 7.31. The van der Waals surface area contributed by atoms with Gasteiger partial charge in [-0.15, -0.1) is 0 Å². The third-order valence-electron chi connectivity index (χ3n) is 1.19. The molecule has 0 aromatic carbocycles. The molecule has 3 nitrogen and oxygen atoms in total. The highest BCUT2D eigenvalue weighted by molar-refractivity contribution is 6.27. The van der Waals surface area contributed by atoms with Crippen molar-refractivity contribution in [2.24, 2.45) is 10.7 Å². The van der Waals surface area contributed by atoms with Crippen molar-refractivity contribution in [2.45, 2.75) is 20.8 Å². The zero-order valence-electron chi connectivity index (χ0n) is 7.31. The average Bonchev–Trinajstić information content (AvgIpc) is 1.86. The van der Waals surface area contributed by atoms with Gasteiger partial charge in [-0.1, -0.05) is 5.57 Å². The van der Waals surface area contributed by atoms with Crippen molar-refractivity contribution in [1.82, 2.24) is 0 Å². The van der Waals surface area contributed by atoms with Gasteiger partial charge in [-0.3, -0.25) is 4.99 Å². The molecule has 0 unspecified atom stereocenters. The molecular weight excluding hydrogens is 138 g/mol. The zero-order chi connectivity index (χ0) is 8.85. The fraction of sp³-hybridized carbons (Fsp3) is 0.500. The van der Waals surface area contributed by atoms with Gasteiger partial charge in [-0.2, -0.15) is 0 Å². The summed E-state index contributed by atoms with van der Waals surface area (Å²) in [6.07, 6.45) is 1.51. The lowest BCUT2D eigenvalue weighted by molar-refractivity contribution is 1.06. The maximum Gasteiger partial charge on any atom is 0.0784 e. The van der Waals surface area contributed by atoms with Crippen LogP contribution in [0.25, 0.3) is 0 Å². The van der Waals surface area contributed by atoms with E-state index in [-0.39, 0.29) is 0 Å². The van der Waals surface area contributed by atoms with E-state index in [9.17, 15) is 0 Å². The number of nitrogens with zero attached hydrogens (tertiary/aromatic N) is 1. The lowest BCUT2D eigenvalue weighted by atomic mass is 10.3. The normalized spacial score (nSPS) is 10.1. The first-order chi connectivity index (χ1) is 5.04. The highest BCUT2D eigenvalue weighted by Gasteiger charge is 1.88. The van der Waals surface area contributed by atoms with Crippen LogP contribution in [0.5, 0.6) is 0 Å². The van der Waals surface area contributed by atoms with Crippen LogP contribution in [-0.2, 0) is 0 Å². The molecule has 3 heteroatoms. The van der Waals surface area contributed by atoms with Crippen LogP contribution in [0, 0.1) is 5.41 Å². The summed E-state index contributed by atoms with van der Waals surface area (Å²) >= 11 is 0. The first-order valence-electron chi connectivity index (χ1n) is 3.51. The van der Waals surface area contributed by atoms with Crippen molar-refractivity contribution in [2.75, 3.05) is 6.54 Å². The fourth-order valence-electron chi connectivity index (χ4n) is 0.439. The molecule has 0 aromatic heterocycles. The largest absolute Gasteiger partial charge is 0.401 e. The van der Waals surface area contributed by atoms with Gasteiger partial charge in [-0.25, -0.2) is 0 Å². The van der Waals surface area contributed by atoms with Crippen LogP contribution in [0.1, 0.15) is 20.8 Å². The number of nitrogens with two attached hydrogens (primary N) is 1. The fourth-order valence-corrected chi connectivity index (χ4v) is 0.439. The van der Waals surface area contributed by atoms with E-state index in [1.54, 1.807) is 6.92 Å². The number of hydrogen-bond donors (Lipinski definition) is 2. The summed E-state index contributed by atoms with van der Waals surface area (Å²) in [4.78, 5) is 3.96. The first kappa shape index (κ1) is 9.88. The molecule has 0 bridgehead atoms. The summed E-state index contributed by atoms with van der Waals surface area (Å²) in [5.41, 5.74) is 7.92. The molecule has 0 aliphatic heterocycles. The summed E-state index contributed by atoms with van der Waals surface area (Å²) in [5.74, 6) is 0. The summed E-state index contributed by atoms with van der Waals surface area (Å²) in [6.45, 7) is 6.07. The molecule has 3 N–H and O–H groups in total. The number of rotatable bonds is 3. The molecule has 0 aromatic rings. The van der Waals surface area contributed by atoms with E-state index in [2.05, 4.69) is 4.99 Å². The third kappa shape index (κ3) is 5.33.